The van der Waals surface area contributed by atoms with Crippen LogP contribution < -0.4 is 0 Å². The first-order valence-corrected chi connectivity index (χ1v) is 4.65. The Morgan fingerprint density at radius 3 is 2.33 bits per heavy atom. The molecule has 1 radical (unpaired) electrons. The van der Waals surface area contributed by atoms with Gasteiger partial charge in [0.25, 0.3) is 0 Å². The van der Waals surface area contributed by atoms with Gasteiger partial charge in [0.1, 0.15) is 0 Å². The highest BCUT2D eigenvalue weighted by Crippen LogP contribution is 2.13. The Balaban J connectivity index is 3.12. The minimum absolute atomic E-state index is 0.239. The maximum absolute atomic E-state index is 10.6. The van der Waals surface area contributed by atoms with Gasteiger partial charge in [-0.25, -0.2) is 5.11 Å². The van der Waals surface area contributed by atoms with Gasteiger partial charge < -0.3 is 4.74 Å². The summed E-state index contributed by atoms with van der Waals surface area (Å²) in [5.74, 6) is 0. The Bertz CT molecular complexity index is 103. The zero-order chi connectivity index (χ0) is 9.61. The van der Waals surface area contributed by atoms with Crippen LogP contribution in [0.3, 0.4) is 0 Å². The summed E-state index contributed by atoms with van der Waals surface area (Å²) in [5.41, 5.74) is 0.239. The molecule has 0 heterocycles. The van der Waals surface area contributed by atoms with Crippen LogP contribution in [0.1, 0.15) is 40.5 Å². The van der Waals surface area contributed by atoms with Crippen molar-refractivity contribution in [2.24, 2.45) is 5.41 Å². The van der Waals surface area contributed by atoms with Gasteiger partial charge in [-0.2, -0.15) is 0 Å². The van der Waals surface area contributed by atoms with Crippen LogP contribution in [0.4, 0.5) is 0 Å². The highest BCUT2D eigenvalue weighted by Gasteiger charge is 2.09. The number of hydrogen-bond donors (Lipinski definition) is 0. The Morgan fingerprint density at radius 1 is 1.33 bits per heavy atom. The molecule has 1 unspecified atom stereocenters. The fraction of sp³-hybridized carbons (Fsp3) is 1.00. The molecule has 0 saturated carbocycles. The fourth-order valence-corrected chi connectivity index (χ4v) is 0.851. The summed E-state index contributed by atoms with van der Waals surface area (Å²) in [7, 11) is 0. The molecule has 0 spiro atoms. The maximum Gasteiger partial charge on any atom is 0.0902 e. The number of hydrogen-bond acceptors (Lipinski definition) is 1. The molecule has 2 heteroatoms. The predicted molar refractivity (Wildman–Crippen MR) is 49.7 cm³/mol. The van der Waals surface area contributed by atoms with Crippen LogP contribution in [-0.4, -0.2) is 19.3 Å². The van der Waals surface area contributed by atoms with E-state index in [2.05, 4.69) is 20.8 Å². The standard InChI is InChI=1S/C10H21O2/c1-9(11)6-5-7-12-8-10(2,3)4/h9H,5-8H2,1-4H3. The molecule has 0 aromatic rings. The number of rotatable bonds is 5. The molecule has 0 saturated heterocycles. The third-order valence-electron chi connectivity index (χ3n) is 1.43. The second-order valence-electron chi connectivity index (χ2n) is 4.57. The zero-order valence-electron chi connectivity index (χ0n) is 8.72. The summed E-state index contributed by atoms with van der Waals surface area (Å²) < 4.78 is 5.41. The molecular formula is C10H21O2. The molecular weight excluding hydrogens is 152 g/mol. The summed E-state index contributed by atoms with van der Waals surface area (Å²) in [6, 6.07) is 0. The molecule has 0 aliphatic carbocycles. The summed E-state index contributed by atoms with van der Waals surface area (Å²) in [5, 5.41) is 10.6. The summed E-state index contributed by atoms with van der Waals surface area (Å²) in [6.45, 7) is 9.63. The zero-order valence-corrected chi connectivity index (χ0v) is 8.72. The molecule has 0 aromatic carbocycles. The molecule has 0 aromatic heterocycles. The first-order chi connectivity index (χ1) is 5.42. The lowest BCUT2D eigenvalue weighted by atomic mass is 9.99. The van der Waals surface area contributed by atoms with Gasteiger partial charge in [0.2, 0.25) is 0 Å². The van der Waals surface area contributed by atoms with E-state index in [0.717, 1.165) is 26.1 Å². The van der Waals surface area contributed by atoms with Crippen molar-refractivity contribution in [3.05, 3.63) is 0 Å². The first kappa shape index (κ1) is 11.9. The van der Waals surface area contributed by atoms with Crippen molar-refractivity contribution in [2.45, 2.75) is 46.6 Å². The average molecular weight is 173 g/mol. The Kier molecular flexibility index (Phi) is 5.51. The molecule has 1 atom stereocenters. The molecule has 0 amide bonds. The Morgan fingerprint density at radius 2 is 1.92 bits per heavy atom. The van der Waals surface area contributed by atoms with Crippen molar-refractivity contribution in [1.82, 2.24) is 0 Å². The first-order valence-electron chi connectivity index (χ1n) is 4.65. The van der Waals surface area contributed by atoms with Crippen LogP contribution >= 0.6 is 0 Å². The third-order valence-corrected chi connectivity index (χ3v) is 1.43. The highest BCUT2D eigenvalue weighted by atomic mass is 16.5. The van der Waals surface area contributed by atoms with Crippen molar-refractivity contribution >= 4 is 0 Å². The van der Waals surface area contributed by atoms with Gasteiger partial charge >= 0.3 is 0 Å². The van der Waals surface area contributed by atoms with Crippen molar-refractivity contribution < 1.29 is 9.84 Å². The van der Waals surface area contributed by atoms with Gasteiger partial charge in [-0.3, -0.25) is 0 Å². The average Bonchev–Trinajstić information content (AvgIpc) is 1.83. The molecule has 0 bridgehead atoms. The van der Waals surface area contributed by atoms with E-state index in [-0.39, 0.29) is 5.41 Å². The van der Waals surface area contributed by atoms with E-state index in [4.69, 9.17) is 4.74 Å². The normalized spacial score (nSPS) is 14.8. The van der Waals surface area contributed by atoms with Crippen molar-refractivity contribution in [1.29, 1.82) is 0 Å². The lowest BCUT2D eigenvalue weighted by molar-refractivity contribution is 0.0503. The lowest BCUT2D eigenvalue weighted by Crippen LogP contribution is -2.15. The quantitative estimate of drug-likeness (QED) is 0.588. The molecule has 0 aliphatic heterocycles. The van der Waals surface area contributed by atoms with Crippen LogP contribution in [0.5, 0.6) is 0 Å². The summed E-state index contributed by atoms with van der Waals surface area (Å²) >= 11 is 0. The van der Waals surface area contributed by atoms with E-state index in [9.17, 15) is 5.11 Å². The van der Waals surface area contributed by atoms with Gasteiger partial charge in [-0.15, -0.1) is 0 Å². The molecule has 73 valence electrons. The monoisotopic (exact) mass is 173 g/mol. The lowest BCUT2D eigenvalue weighted by Gasteiger charge is -2.17. The molecule has 0 aliphatic rings. The van der Waals surface area contributed by atoms with Crippen molar-refractivity contribution in [3.63, 3.8) is 0 Å². The molecule has 2 nitrogen and oxygen atoms in total. The smallest absolute Gasteiger partial charge is 0.0902 e. The predicted octanol–water partition coefficient (Wildman–Crippen LogP) is 2.65. The molecule has 0 N–H and O–H groups in total. The topological polar surface area (TPSA) is 29.1 Å². The van der Waals surface area contributed by atoms with Crippen LogP contribution in [0, 0.1) is 5.41 Å². The van der Waals surface area contributed by atoms with Crippen molar-refractivity contribution in [2.75, 3.05) is 13.2 Å². The van der Waals surface area contributed by atoms with Crippen LogP contribution in [0.25, 0.3) is 0 Å². The van der Waals surface area contributed by atoms with Gasteiger partial charge in [0, 0.05) is 6.61 Å². The second-order valence-corrected chi connectivity index (χ2v) is 4.57. The van der Waals surface area contributed by atoms with E-state index in [0.29, 0.717) is 0 Å². The van der Waals surface area contributed by atoms with Crippen LogP contribution in [-0.2, 0) is 9.84 Å². The Hall–Kier alpha value is -0.0800. The minimum Gasteiger partial charge on any atom is -0.381 e. The van der Waals surface area contributed by atoms with E-state index in [1.165, 1.54) is 0 Å². The van der Waals surface area contributed by atoms with Crippen molar-refractivity contribution in [3.8, 4) is 0 Å². The van der Waals surface area contributed by atoms with Crippen LogP contribution in [0.15, 0.2) is 0 Å². The van der Waals surface area contributed by atoms with E-state index < -0.39 is 6.10 Å². The van der Waals surface area contributed by atoms with Gasteiger partial charge in [0.15, 0.2) is 0 Å². The summed E-state index contributed by atoms with van der Waals surface area (Å²) in [4.78, 5) is 0. The minimum atomic E-state index is -0.441. The highest BCUT2D eigenvalue weighted by molar-refractivity contribution is 4.58. The number of ether oxygens (including phenoxy) is 1. The largest absolute Gasteiger partial charge is 0.381 e. The van der Waals surface area contributed by atoms with Crippen LogP contribution in [0.2, 0.25) is 0 Å². The van der Waals surface area contributed by atoms with Gasteiger partial charge in [-0.1, -0.05) is 20.8 Å². The molecule has 0 rings (SSSR count). The summed E-state index contributed by atoms with van der Waals surface area (Å²) in [6.07, 6.45) is 1.17. The molecule has 0 fully saturated rings. The van der Waals surface area contributed by atoms with E-state index in [1.807, 2.05) is 0 Å². The SMILES string of the molecule is CC([O])CCCOCC(C)(C)C. The van der Waals surface area contributed by atoms with Gasteiger partial charge in [-0.05, 0) is 25.2 Å². The second kappa shape index (κ2) is 5.55. The maximum atomic E-state index is 10.6. The fourth-order valence-electron chi connectivity index (χ4n) is 0.851. The van der Waals surface area contributed by atoms with E-state index in [1.54, 1.807) is 6.92 Å². The van der Waals surface area contributed by atoms with E-state index >= 15 is 0 Å². The van der Waals surface area contributed by atoms with Gasteiger partial charge in [0.05, 0.1) is 12.7 Å². The molecule has 12 heavy (non-hydrogen) atoms. The third kappa shape index (κ3) is 9.92. The Labute approximate surface area is 75.9 Å².